The van der Waals surface area contributed by atoms with E-state index in [1.807, 2.05) is 0 Å². The second-order valence-corrected chi connectivity index (χ2v) is 3.82. The molecule has 0 saturated heterocycles. The number of amides is 1. The summed E-state index contributed by atoms with van der Waals surface area (Å²) in [5, 5.41) is 3.28. The standard InChI is InChI=1S/C8H3Cl2NOS/c9-5-1-3-4(2-6(5)10)8(13)11-7(3)12/h1-2H,(H,11,12,13). The Bertz CT molecular complexity index is 391. The van der Waals surface area contributed by atoms with Crippen LogP contribution in [0.15, 0.2) is 12.1 Å². The maximum absolute atomic E-state index is 11.2. The van der Waals surface area contributed by atoms with Crippen molar-refractivity contribution < 1.29 is 4.79 Å². The third-order valence-electron chi connectivity index (χ3n) is 1.78. The largest absolute Gasteiger partial charge is 0.312 e. The fourth-order valence-electron chi connectivity index (χ4n) is 1.16. The molecule has 66 valence electrons. The number of rotatable bonds is 0. The van der Waals surface area contributed by atoms with Gasteiger partial charge < -0.3 is 5.32 Å². The summed E-state index contributed by atoms with van der Waals surface area (Å²) in [4.78, 5) is 11.6. The molecule has 2 nitrogen and oxygen atoms in total. The molecule has 0 fully saturated rings. The molecule has 1 heterocycles. The summed E-state index contributed by atoms with van der Waals surface area (Å²) in [7, 11) is 0. The van der Waals surface area contributed by atoms with Crippen LogP contribution in [0.1, 0.15) is 15.9 Å². The predicted molar refractivity (Wildman–Crippen MR) is 55.6 cm³/mol. The Morgan fingerprint density at radius 3 is 2.31 bits per heavy atom. The predicted octanol–water partition coefficient (Wildman–Crippen LogP) is 2.41. The molecule has 1 N–H and O–H groups in total. The van der Waals surface area contributed by atoms with E-state index in [1.165, 1.54) is 6.07 Å². The number of hydrogen-bond donors (Lipinski definition) is 1. The smallest absolute Gasteiger partial charge is 0.257 e. The lowest BCUT2D eigenvalue weighted by atomic mass is 10.1. The van der Waals surface area contributed by atoms with Gasteiger partial charge in [0.25, 0.3) is 5.91 Å². The minimum atomic E-state index is -0.224. The summed E-state index contributed by atoms with van der Waals surface area (Å²) in [5.41, 5.74) is 1.13. The molecular formula is C8H3Cl2NOS. The first-order valence-electron chi connectivity index (χ1n) is 3.44. The van der Waals surface area contributed by atoms with Gasteiger partial charge in [-0.3, -0.25) is 4.79 Å². The summed E-state index contributed by atoms with van der Waals surface area (Å²) < 4.78 is 0. The highest BCUT2D eigenvalue weighted by molar-refractivity contribution is 7.80. The van der Waals surface area contributed by atoms with Crippen molar-refractivity contribution in [1.29, 1.82) is 0 Å². The molecule has 13 heavy (non-hydrogen) atoms. The Hall–Kier alpha value is -0.640. The van der Waals surface area contributed by atoms with Crippen molar-refractivity contribution in [3.63, 3.8) is 0 Å². The minimum absolute atomic E-state index is 0.224. The maximum Gasteiger partial charge on any atom is 0.257 e. The monoisotopic (exact) mass is 231 g/mol. The van der Waals surface area contributed by atoms with Crippen LogP contribution in [0.25, 0.3) is 0 Å². The van der Waals surface area contributed by atoms with E-state index in [-0.39, 0.29) is 5.91 Å². The van der Waals surface area contributed by atoms with Crippen LogP contribution in [-0.2, 0) is 0 Å². The van der Waals surface area contributed by atoms with Crippen LogP contribution in [0.2, 0.25) is 10.0 Å². The Kier molecular flexibility index (Phi) is 2.02. The van der Waals surface area contributed by atoms with Gasteiger partial charge in [0.1, 0.15) is 4.99 Å². The highest BCUT2D eigenvalue weighted by Gasteiger charge is 2.24. The van der Waals surface area contributed by atoms with Crippen molar-refractivity contribution in [1.82, 2.24) is 5.32 Å². The quantitative estimate of drug-likeness (QED) is 0.696. The molecule has 0 atom stereocenters. The van der Waals surface area contributed by atoms with Crippen LogP contribution < -0.4 is 5.32 Å². The van der Waals surface area contributed by atoms with Gasteiger partial charge in [0.2, 0.25) is 0 Å². The van der Waals surface area contributed by atoms with E-state index in [4.69, 9.17) is 35.4 Å². The zero-order valence-corrected chi connectivity index (χ0v) is 8.56. The van der Waals surface area contributed by atoms with Crippen LogP contribution in [0, 0.1) is 0 Å². The molecule has 2 rings (SSSR count). The molecule has 1 aliphatic heterocycles. The summed E-state index contributed by atoms with van der Waals surface area (Å²) >= 11 is 16.4. The number of nitrogens with one attached hydrogen (secondary N) is 1. The van der Waals surface area contributed by atoms with Gasteiger partial charge >= 0.3 is 0 Å². The normalized spacial score (nSPS) is 14.3. The average Bonchev–Trinajstić information content (AvgIpc) is 2.31. The van der Waals surface area contributed by atoms with Crippen LogP contribution in [0.3, 0.4) is 0 Å². The summed E-state index contributed by atoms with van der Waals surface area (Å²) in [6.45, 7) is 0. The first-order chi connectivity index (χ1) is 6.09. The summed E-state index contributed by atoms with van der Waals surface area (Å²) in [6.07, 6.45) is 0. The van der Waals surface area contributed by atoms with Gasteiger partial charge in [-0.15, -0.1) is 0 Å². The Labute approximate surface area is 89.8 Å². The fraction of sp³-hybridized carbons (Fsp3) is 0. The number of hydrogen-bond acceptors (Lipinski definition) is 2. The summed E-state index contributed by atoms with van der Waals surface area (Å²) in [5.74, 6) is -0.224. The van der Waals surface area contributed by atoms with Crippen molar-refractivity contribution >= 4 is 46.3 Å². The second-order valence-electron chi connectivity index (χ2n) is 2.60. The number of carbonyl (C=O) groups excluding carboxylic acids is 1. The van der Waals surface area contributed by atoms with Gasteiger partial charge in [-0.1, -0.05) is 35.4 Å². The van der Waals surface area contributed by atoms with Crippen molar-refractivity contribution in [2.75, 3.05) is 0 Å². The van der Waals surface area contributed by atoms with Crippen molar-refractivity contribution in [3.05, 3.63) is 33.3 Å². The zero-order valence-electron chi connectivity index (χ0n) is 6.23. The van der Waals surface area contributed by atoms with Gasteiger partial charge in [0, 0.05) is 5.56 Å². The molecule has 0 unspecified atom stereocenters. The highest BCUT2D eigenvalue weighted by Crippen LogP contribution is 2.28. The van der Waals surface area contributed by atoms with Gasteiger partial charge in [0.15, 0.2) is 0 Å². The second kappa shape index (κ2) is 2.94. The fourth-order valence-corrected chi connectivity index (χ4v) is 1.75. The molecule has 1 aliphatic rings. The number of thiocarbonyl (C=S) groups is 1. The van der Waals surface area contributed by atoms with Crippen molar-refractivity contribution in [2.45, 2.75) is 0 Å². The van der Waals surface area contributed by atoms with Gasteiger partial charge in [-0.2, -0.15) is 0 Å². The highest BCUT2D eigenvalue weighted by atomic mass is 35.5. The zero-order chi connectivity index (χ0) is 9.59. The Balaban J connectivity index is 2.72. The minimum Gasteiger partial charge on any atom is -0.312 e. The topological polar surface area (TPSA) is 29.1 Å². The lowest BCUT2D eigenvalue weighted by Crippen LogP contribution is -2.18. The summed E-state index contributed by atoms with van der Waals surface area (Å²) in [6, 6.07) is 3.12. The molecule has 0 spiro atoms. The number of fused-ring (bicyclic) bond motifs is 1. The molecule has 0 saturated carbocycles. The lowest BCUT2D eigenvalue weighted by molar-refractivity contribution is 0.0984. The molecule has 0 bridgehead atoms. The number of carbonyl (C=O) groups is 1. The van der Waals surface area contributed by atoms with E-state index < -0.39 is 0 Å². The van der Waals surface area contributed by atoms with E-state index in [2.05, 4.69) is 5.32 Å². The van der Waals surface area contributed by atoms with E-state index >= 15 is 0 Å². The van der Waals surface area contributed by atoms with E-state index in [0.29, 0.717) is 26.2 Å². The van der Waals surface area contributed by atoms with Gasteiger partial charge in [-0.05, 0) is 12.1 Å². The number of halogens is 2. The molecule has 0 radical (unpaired) electrons. The van der Waals surface area contributed by atoms with Crippen LogP contribution in [-0.4, -0.2) is 10.9 Å². The molecule has 5 heteroatoms. The SMILES string of the molecule is O=C1NC(=S)c2cc(Cl)c(Cl)cc21. The van der Waals surface area contributed by atoms with E-state index in [9.17, 15) is 4.79 Å². The van der Waals surface area contributed by atoms with E-state index in [1.54, 1.807) is 6.07 Å². The van der Waals surface area contributed by atoms with Crippen LogP contribution >= 0.6 is 35.4 Å². The van der Waals surface area contributed by atoms with Crippen LogP contribution in [0.5, 0.6) is 0 Å². The van der Waals surface area contributed by atoms with Crippen molar-refractivity contribution in [3.8, 4) is 0 Å². The Morgan fingerprint density at radius 2 is 1.69 bits per heavy atom. The molecule has 1 aromatic rings. The maximum atomic E-state index is 11.2. The van der Waals surface area contributed by atoms with Crippen molar-refractivity contribution in [2.24, 2.45) is 0 Å². The molecule has 0 aromatic heterocycles. The van der Waals surface area contributed by atoms with Crippen LogP contribution in [0.4, 0.5) is 0 Å². The van der Waals surface area contributed by atoms with Gasteiger partial charge in [0.05, 0.1) is 15.6 Å². The Morgan fingerprint density at radius 1 is 1.15 bits per heavy atom. The third-order valence-corrected chi connectivity index (χ3v) is 2.82. The number of benzene rings is 1. The lowest BCUT2D eigenvalue weighted by Gasteiger charge is -1.98. The molecule has 0 aliphatic carbocycles. The first-order valence-corrected chi connectivity index (χ1v) is 4.61. The van der Waals surface area contributed by atoms with E-state index in [0.717, 1.165) is 0 Å². The first kappa shape index (κ1) is 8.94. The molecule has 1 aromatic carbocycles. The third kappa shape index (κ3) is 1.33. The molecule has 1 amide bonds. The molecular weight excluding hydrogens is 229 g/mol. The average molecular weight is 232 g/mol. The van der Waals surface area contributed by atoms with Gasteiger partial charge in [-0.25, -0.2) is 0 Å².